The average Bonchev–Trinajstić information content (AvgIpc) is 2.54. The average molecular weight is 307 g/mol. The second-order valence-corrected chi connectivity index (χ2v) is 5.18. The van der Waals surface area contributed by atoms with Crippen molar-refractivity contribution in [3.63, 3.8) is 0 Å². The van der Waals surface area contributed by atoms with Crippen molar-refractivity contribution in [2.75, 3.05) is 13.2 Å². The van der Waals surface area contributed by atoms with E-state index in [1.54, 1.807) is 6.08 Å². The number of aliphatic hydroxyl groups is 3. The minimum atomic E-state index is -1.26. The maximum Gasteiger partial charge on any atom is 0.410 e. The third-order valence-corrected chi connectivity index (χ3v) is 3.64. The minimum absolute atomic E-state index is 0.114. The first kappa shape index (κ1) is 16.5. The number of carbonyl (C=O) groups excluding carboxylic acids is 1. The molecule has 0 fully saturated rings. The van der Waals surface area contributed by atoms with Crippen molar-refractivity contribution < 1.29 is 24.9 Å². The Bertz CT molecular complexity index is 505. The number of amides is 1. The Morgan fingerprint density at radius 2 is 2.00 bits per heavy atom. The molecule has 1 aromatic rings. The smallest absolute Gasteiger partial charge is 0.410 e. The molecule has 6 nitrogen and oxygen atoms in total. The van der Waals surface area contributed by atoms with Gasteiger partial charge in [-0.05, 0) is 12.0 Å². The van der Waals surface area contributed by atoms with Crippen LogP contribution in [0.1, 0.15) is 12.0 Å². The highest BCUT2D eigenvalue weighted by atomic mass is 16.6. The monoisotopic (exact) mass is 307 g/mol. The minimum Gasteiger partial charge on any atom is -0.445 e. The lowest BCUT2D eigenvalue weighted by Crippen LogP contribution is -2.53. The molecule has 0 bridgehead atoms. The summed E-state index contributed by atoms with van der Waals surface area (Å²) in [5, 5.41) is 29.3. The third-order valence-electron chi connectivity index (χ3n) is 3.64. The van der Waals surface area contributed by atoms with Gasteiger partial charge in [-0.3, -0.25) is 4.90 Å². The standard InChI is InChI=1S/C16H21NO5/c18-10-13-15(20)14(19)8-4-5-9-17(13)16(21)22-11-12-6-2-1-3-7-12/h1-4,6-8,13-15,18-20H,5,9-11H2/b8-4-/t13-,14-,15-/m1/s1. The maximum absolute atomic E-state index is 12.2. The van der Waals surface area contributed by atoms with Crippen molar-refractivity contribution in [1.29, 1.82) is 0 Å². The predicted molar refractivity (Wildman–Crippen MR) is 80.0 cm³/mol. The molecule has 0 aromatic heterocycles. The summed E-state index contributed by atoms with van der Waals surface area (Å²) in [4.78, 5) is 13.5. The Labute approximate surface area is 129 Å². The number of ether oxygens (including phenoxy) is 1. The summed E-state index contributed by atoms with van der Waals surface area (Å²) < 4.78 is 5.24. The summed E-state index contributed by atoms with van der Waals surface area (Å²) in [5.41, 5.74) is 0.851. The number of nitrogens with zero attached hydrogens (tertiary/aromatic N) is 1. The van der Waals surface area contributed by atoms with Crippen molar-refractivity contribution in [3.8, 4) is 0 Å². The number of rotatable bonds is 3. The molecule has 0 spiro atoms. The van der Waals surface area contributed by atoms with Crippen molar-refractivity contribution in [3.05, 3.63) is 48.0 Å². The van der Waals surface area contributed by atoms with Gasteiger partial charge >= 0.3 is 6.09 Å². The molecule has 3 atom stereocenters. The SMILES string of the molecule is O=C(OCc1ccccc1)N1CC/C=C\[C@@H](O)[C@H](O)[C@H]1CO. The molecule has 3 N–H and O–H groups in total. The molecule has 0 unspecified atom stereocenters. The van der Waals surface area contributed by atoms with Gasteiger partial charge in [0.1, 0.15) is 18.8 Å². The summed E-state index contributed by atoms with van der Waals surface area (Å²) in [7, 11) is 0. The molecule has 22 heavy (non-hydrogen) atoms. The molecule has 1 aromatic carbocycles. The summed E-state index contributed by atoms with van der Waals surface area (Å²) in [5.74, 6) is 0. The van der Waals surface area contributed by atoms with E-state index < -0.39 is 30.9 Å². The van der Waals surface area contributed by atoms with Gasteiger partial charge in [0.05, 0.1) is 12.6 Å². The van der Waals surface area contributed by atoms with E-state index in [9.17, 15) is 20.1 Å². The van der Waals surface area contributed by atoms with Crippen LogP contribution in [0.2, 0.25) is 0 Å². The highest BCUT2D eigenvalue weighted by Gasteiger charge is 2.34. The summed E-state index contributed by atoms with van der Waals surface area (Å²) in [6, 6.07) is 8.34. The second-order valence-electron chi connectivity index (χ2n) is 5.18. The Balaban J connectivity index is 2.03. The van der Waals surface area contributed by atoms with Gasteiger partial charge in [0.15, 0.2) is 0 Å². The molecule has 0 radical (unpaired) electrons. The number of hydrogen-bond donors (Lipinski definition) is 3. The first-order chi connectivity index (χ1) is 10.6. The van der Waals surface area contributed by atoms with Gasteiger partial charge in [-0.1, -0.05) is 42.5 Å². The molecule has 1 aliphatic rings. The van der Waals surface area contributed by atoms with Crippen LogP contribution in [-0.2, 0) is 11.3 Å². The molecule has 0 aliphatic carbocycles. The van der Waals surface area contributed by atoms with E-state index in [0.717, 1.165) is 5.56 Å². The number of hydrogen-bond acceptors (Lipinski definition) is 5. The van der Waals surface area contributed by atoms with E-state index in [2.05, 4.69) is 0 Å². The fourth-order valence-electron chi connectivity index (χ4n) is 2.38. The van der Waals surface area contributed by atoms with Gasteiger partial charge in [0.25, 0.3) is 0 Å². The molecule has 0 saturated heterocycles. The van der Waals surface area contributed by atoms with Crippen LogP contribution in [0, 0.1) is 0 Å². The van der Waals surface area contributed by atoms with Gasteiger partial charge in [0, 0.05) is 6.54 Å². The van der Waals surface area contributed by atoms with Crippen LogP contribution >= 0.6 is 0 Å². The van der Waals surface area contributed by atoms with Crippen LogP contribution in [0.3, 0.4) is 0 Å². The first-order valence-electron chi connectivity index (χ1n) is 7.24. The van der Waals surface area contributed by atoms with Gasteiger partial charge in [0.2, 0.25) is 0 Å². The van der Waals surface area contributed by atoms with E-state index in [1.165, 1.54) is 11.0 Å². The van der Waals surface area contributed by atoms with Crippen LogP contribution in [0.25, 0.3) is 0 Å². The van der Waals surface area contributed by atoms with E-state index in [-0.39, 0.29) is 6.61 Å². The van der Waals surface area contributed by atoms with Crippen LogP contribution in [0.5, 0.6) is 0 Å². The van der Waals surface area contributed by atoms with Gasteiger partial charge in [-0.15, -0.1) is 0 Å². The zero-order valence-corrected chi connectivity index (χ0v) is 12.2. The van der Waals surface area contributed by atoms with Crippen LogP contribution < -0.4 is 0 Å². The lowest BCUT2D eigenvalue weighted by molar-refractivity contribution is -0.0386. The van der Waals surface area contributed by atoms with E-state index >= 15 is 0 Å². The highest BCUT2D eigenvalue weighted by Crippen LogP contribution is 2.16. The predicted octanol–water partition coefficient (Wildman–Crippen LogP) is 0.668. The molecular weight excluding hydrogens is 286 g/mol. The van der Waals surface area contributed by atoms with E-state index in [1.807, 2.05) is 30.3 Å². The third kappa shape index (κ3) is 4.07. The Kier molecular flexibility index (Phi) is 5.94. The van der Waals surface area contributed by atoms with Crippen molar-refractivity contribution >= 4 is 6.09 Å². The number of benzene rings is 1. The summed E-state index contributed by atoms with van der Waals surface area (Å²) in [6.45, 7) is -0.0333. The van der Waals surface area contributed by atoms with Crippen LogP contribution in [-0.4, -0.2) is 57.7 Å². The summed E-state index contributed by atoms with van der Waals surface area (Å²) >= 11 is 0. The Morgan fingerprint density at radius 1 is 1.27 bits per heavy atom. The summed E-state index contributed by atoms with van der Waals surface area (Å²) in [6.07, 6.45) is 0.678. The van der Waals surface area contributed by atoms with Crippen molar-refractivity contribution in [1.82, 2.24) is 4.90 Å². The van der Waals surface area contributed by atoms with Crippen molar-refractivity contribution in [2.45, 2.75) is 31.3 Å². The van der Waals surface area contributed by atoms with Crippen LogP contribution in [0.15, 0.2) is 42.5 Å². The molecule has 1 aliphatic heterocycles. The Morgan fingerprint density at radius 3 is 2.68 bits per heavy atom. The largest absolute Gasteiger partial charge is 0.445 e. The topological polar surface area (TPSA) is 90.2 Å². The van der Waals surface area contributed by atoms with E-state index in [0.29, 0.717) is 13.0 Å². The molecule has 0 saturated carbocycles. The molecular formula is C16H21NO5. The number of aliphatic hydroxyl groups excluding tert-OH is 3. The second kappa shape index (κ2) is 7.93. The normalized spacial score (nSPS) is 26.9. The lowest BCUT2D eigenvalue weighted by Gasteiger charge is -2.35. The van der Waals surface area contributed by atoms with Gasteiger partial charge < -0.3 is 20.1 Å². The molecule has 1 heterocycles. The molecule has 6 heteroatoms. The molecule has 1 amide bonds. The first-order valence-corrected chi connectivity index (χ1v) is 7.24. The number of carbonyl (C=O) groups is 1. The van der Waals surface area contributed by atoms with Crippen molar-refractivity contribution in [2.24, 2.45) is 0 Å². The molecule has 120 valence electrons. The molecule has 2 rings (SSSR count). The van der Waals surface area contributed by atoms with Gasteiger partial charge in [-0.2, -0.15) is 0 Å². The highest BCUT2D eigenvalue weighted by molar-refractivity contribution is 5.68. The Hall–Kier alpha value is -1.89. The lowest BCUT2D eigenvalue weighted by atomic mass is 10.0. The van der Waals surface area contributed by atoms with E-state index in [4.69, 9.17) is 4.74 Å². The van der Waals surface area contributed by atoms with Gasteiger partial charge in [-0.25, -0.2) is 4.79 Å². The maximum atomic E-state index is 12.2. The zero-order valence-electron chi connectivity index (χ0n) is 12.2. The fraction of sp³-hybridized carbons (Fsp3) is 0.438. The quantitative estimate of drug-likeness (QED) is 0.714. The fourth-order valence-corrected chi connectivity index (χ4v) is 2.38. The van der Waals surface area contributed by atoms with Crippen LogP contribution in [0.4, 0.5) is 4.79 Å². The zero-order chi connectivity index (χ0) is 15.9.